The van der Waals surface area contributed by atoms with Crippen LogP contribution >= 0.6 is 11.6 Å². The highest BCUT2D eigenvalue weighted by Crippen LogP contribution is 2.61. The molecule has 1 spiro atoms. The lowest BCUT2D eigenvalue weighted by Gasteiger charge is -2.46. The van der Waals surface area contributed by atoms with Crippen LogP contribution in [0.5, 0.6) is 5.75 Å². The maximum Gasteiger partial charge on any atom is 0.286 e. The summed E-state index contributed by atoms with van der Waals surface area (Å²) in [4.78, 5) is 29.8. The molecular formula is C39H46ClN5O5S. The van der Waals surface area contributed by atoms with Gasteiger partial charge in [-0.3, -0.25) is 19.0 Å². The molecule has 1 N–H and O–H groups in total. The van der Waals surface area contributed by atoms with Crippen LogP contribution in [0, 0.1) is 23.7 Å². The van der Waals surface area contributed by atoms with Crippen molar-refractivity contribution < 1.29 is 23.3 Å². The first-order chi connectivity index (χ1) is 24.6. The molecule has 2 fully saturated rings. The van der Waals surface area contributed by atoms with E-state index in [9.17, 15) is 13.8 Å². The van der Waals surface area contributed by atoms with Gasteiger partial charge in [-0.1, -0.05) is 36.7 Å². The molecule has 3 aliphatic carbocycles. The van der Waals surface area contributed by atoms with Crippen molar-refractivity contribution in [2.75, 3.05) is 37.5 Å². The van der Waals surface area contributed by atoms with Crippen LogP contribution in [0.2, 0.25) is 5.02 Å². The topological polar surface area (TPSA) is 115 Å². The number of nitrogens with zero attached hydrogens (tertiary/aromatic N) is 4. The van der Waals surface area contributed by atoms with E-state index in [0.29, 0.717) is 54.6 Å². The number of halogens is 1. The monoisotopic (exact) mass is 731 g/mol. The summed E-state index contributed by atoms with van der Waals surface area (Å²) >= 11 is 6.54. The number of aromatic nitrogens is 2. The van der Waals surface area contributed by atoms with Gasteiger partial charge in [-0.15, -0.1) is 4.36 Å². The van der Waals surface area contributed by atoms with Gasteiger partial charge in [-0.25, -0.2) is 4.21 Å². The highest BCUT2D eigenvalue weighted by atomic mass is 35.5. The minimum atomic E-state index is -3.52. The van der Waals surface area contributed by atoms with E-state index in [4.69, 9.17) is 21.1 Å². The fourth-order valence-corrected chi connectivity index (χ4v) is 11.0. The number of nitrogens with one attached hydrogen (secondary N) is 1. The molecule has 2 aromatic carbocycles. The zero-order valence-electron chi connectivity index (χ0n) is 29.4. The first kappa shape index (κ1) is 34.4. The predicted octanol–water partition coefficient (Wildman–Crippen LogP) is 6.79. The number of carbonyl (C=O) groups excluding carboxylic acids is 2. The first-order valence-corrected chi connectivity index (χ1v) is 20.3. The summed E-state index contributed by atoms with van der Waals surface area (Å²) in [6, 6.07) is 11.7. The molecule has 2 bridgehead atoms. The fraction of sp³-hybridized carbons (Fsp3) is 0.513. The molecule has 2 amide bonds. The van der Waals surface area contributed by atoms with Crippen molar-refractivity contribution in [3.05, 3.63) is 88.2 Å². The highest BCUT2D eigenvalue weighted by Gasteiger charge is 2.54. The summed E-state index contributed by atoms with van der Waals surface area (Å²) in [6.45, 7) is 6.50. The number of carbonyl (C=O) groups is 2. The molecule has 2 unspecified atom stereocenters. The minimum Gasteiger partial charge on any atom is -0.490 e. The Morgan fingerprint density at radius 3 is 2.82 bits per heavy atom. The summed E-state index contributed by atoms with van der Waals surface area (Å²) in [6.07, 6.45) is 12.2. The normalized spacial score (nSPS) is 33.3. The molecule has 10 nitrogen and oxygen atoms in total. The molecule has 0 radical (unpaired) electrons. The smallest absolute Gasteiger partial charge is 0.286 e. The second-order valence-corrected chi connectivity index (χ2v) is 17.8. The average Bonchev–Trinajstić information content (AvgIpc) is 3.74. The van der Waals surface area contributed by atoms with Crippen LogP contribution in [0.4, 0.5) is 5.69 Å². The lowest BCUT2D eigenvalue weighted by atomic mass is 9.68. The molecule has 1 aromatic heterocycles. The third-order valence-corrected chi connectivity index (χ3v) is 14.0. The Kier molecular flexibility index (Phi) is 9.03. The van der Waals surface area contributed by atoms with Crippen LogP contribution in [0.3, 0.4) is 0 Å². The van der Waals surface area contributed by atoms with Gasteiger partial charge in [0.15, 0.2) is 0 Å². The number of aryl methyl sites for hydroxylation is 1. The van der Waals surface area contributed by atoms with Crippen molar-refractivity contribution in [2.24, 2.45) is 28.0 Å². The van der Waals surface area contributed by atoms with Crippen LogP contribution in [0.1, 0.15) is 83.7 Å². The molecule has 270 valence electrons. The average molecular weight is 732 g/mol. The molecule has 8 rings (SSSR count). The van der Waals surface area contributed by atoms with Crippen LogP contribution in [0.25, 0.3) is 0 Å². The van der Waals surface area contributed by atoms with E-state index in [1.54, 1.807) is 24.1 Å². The van der Waals surface area contributed by atoms with Gasteiger partial charge >= 0.3 is 0 Å². The second-order valence-electron chi connectivity index (χ2n) is 15.4. The maximum atomic E-state index is 14.5. The Morgan fingerprint density at radius 2 is 2.06 bits per heavy atom. The fourth-order valence-electron chi connectivity index (χ4n) is 8.95. The molecule has 2 saturated carbocycles. The number of rotatable bonds is 4. The van der Waals surface area contributed by atoms with Gasteiger partial charge in [0.25, 0.3) is 11.8 Å². The number of ether oxygens (including phenoxy) is 2. The molecule has 51 heavy (non-hydrogen) atoms. The van der Waals surface area contributed by atoms with E-state index in [2.05, 4.69) is 43.4 Å². The molecule has 3 heterocycles. The lowest BCUT2D eigenvalue weighted by Crippen LogP contribution is -2.49. The maximum absolute atomic E-state index is 14.5. The Labute approximate surface area is 305 Å². The molecule has 0 saturated heterocycles. The van der Waals surface area contributed by atoms with Crippen LogP contribution in [-0.2, 0) is 26.6 Å². The standard InChI is InChI=1S/C39H46ClN5O5S/c1-4-45-20-28(18-41-45)38(47)43-51(48)21-24(2)6-5-7-35(49-3)30-11-8-26(30)19-44-22-39(17-27-14-31(27)32-16-29(40)10-12-33(32)39)23-50-36-13-9-25(15-34(36)44)37(46)42-51/h5,7,9-10,12-13,15-16,18,20,24,26-27,30-31,35H,4,6,8,11,14,17,19,21-23H2,1-3H3,(H,42,43,46,47,48)/b7-5+/t24-,26-,27-,30+,31?,35-,39-,51?/m0/s1. The Bertz CT molecular complexity index is 2020. The first-order valence-electron chi connectivity index (χ1n) is 18.2. The third kappa shape index (κ3) is 6.61. The third-order valence-electron chi connectivity index (χ3n) is 11.8. The van der Waals surface area contributed by atoms with Crippen molar-refractivity contribution in [3.63, 3.8) is 0 Å². The van der Waals surface area contributed by atoms with E-state index >= 15 is 0 Å². The van der Waals surface area contributed by atoms with Gasteiger partial charge in [0.1, 0.15) is 15.7 Å². The van der Waals surface area contributed by atoms with Gasteiger partial charge < -0.3 is 14.4 Å². The van der Waals surface area contributed by atoms with Crippen LogP contribution in [0.15, 0.2) is 65.3 Å². The van der Waals surface area contributed by atoms with Crippen LogP contribution in [-0.4, -0.2) is 64.5 Å². The summed E-state index contributed by atoms with van der Waals surface area (Å²) in [5.74, 6) is 1.26. The van der Waals surface area contributed by atoms with Crippen molar-refractivity contribution >= 4 is 39.0 Å². The molecule has 12 heteroatoms. The summed E-state index contributed by atoms with van der Waals surface area (Å²) < 4.78 is 35.8. The van der Waals surface area contributed by atoms with E-state index in [1.807, 2.05) is 32.0 Å². The number of hydrogen-bond acceptors (Lipinski definition) is 7. The number of anilines is 1. The second kappa shape index (κ2) is 13.4. The van der Waals surface area contributed by atoms with Gasteiger partial charge in [0.05, 0.1) is 35.9 Å². The van der Waals surface area contributed by atoms with Crippen molar-refractivity contribution in [1.29, 1.82) is 0 Å². The lowest BCUT2D eigenvalue weighted by molar-refractivity contribution is 0.0131. The van der Waals surface area contributed by atoms with Gasteiger partial charge in [-0.05, 0) is 110 Å². The van der Waals surface area contributed by atoms with E-state index in [0.717, 1.165) is 43.1 Å². The van der Waals surface area contributed by atoms with Crippen LogP contribution < -0.4 is 14.4 Å². The number of fused-ring (bicyclic) bond motifs is 6. The van der Waals surface area contributed by atoms with Crippen molar-refractivity contribution in [2.45, 2.75) is 69.9 Å². The van der Waals surface area contributed by atoms with E-state index < -0.39 is 21.7 Å². The zero-order valence-corrected chi connectivity index (χ0v) is 31.0. The molecular weight excluding hydrogens is 686 g/mol. The van der Waals surface area contributed by atoms with Gasteiger partial charge in [0, 0.05) is 48.9 Å². The van der Waals surface area contributed by atoms with E-state index in [-0.39, 0.29) is 28.8 Å². The number of allylic oxidation sites excluding steroid dienone is 1. The predicted molar refractivity (Wildman–Crippen MR) is 198 cm³/mol. The van der Waals surface area contributed by atoms with Crippen molar-refractivity contribution in [1.82, 2.24) is 14.5 Å². The van der Waals surface area contributed by atoms with Gasteiger partial charge in [0.2, 0.25) is 0 Å². The zero-order chi connectivity index (χ0) is 35.5. The Balaban J connectivity index is 1.20. The molecule has 8 atom stereocenters. The Morgan fingerprint density at radius 1 is 1.20 bits per heavy atom. The minimum absolute atomic E-state index is 0.00865. The molecule has 5 aliphatic rings. The number of methoxy groups -OCH3 is 1. The van der Waals surface area contributed by atoms with E-state index in [1.165, 1.54) is 23.7 Å². The summed E-state index contributed by atoms with van der Waals surface area (Å²) in [7, 11) is -1.75. The summed E-state index contributed by atoms with van der Waals surface area (Å²) in [5.41, 5.74) is 3.81. The Hall–Kier alpha value is -3.67. The van der Waals surface area contributed by atoms with Crippen molar-refractivity contribution in [3.8, 4) is 5.75 Å². The highest BCUT2D eigenvalue weighted by molar-refractivity contribution is 7.92. The van der Waals surface area contributed by atoms with Gasteiger partial charge in [-0.2, -0.15) is 5.10 Å². The summed E-state index contributed by atoms with van der Waals surface area (Å²) in [5, 5.41) is 4.95. The molecule has 2 aliphatic heterocycles. The number of amides is 2. The number of benzene rings is 2. The largest absolute Gasteiger partial charge is 0.490 e. The number of hydrogen-bond donors (Lipinski definition) is 1. The quantitative estimate of drug-likeness (QED) is 0.294. The molecule has 3 aromatic rings. The SMILES string of the molecule is CCn1cc(C(=O)NS2(=O)=NC(=O)c3ccc4c(c3)N(C[C@@H]3CC[C@H]3[C@@H](OC)/C=C/C[C@H](C)C2)C[C@]2(CO4)C[C@@H]3CC3c3cc(Cl)ccc32)cn1.